The van der Waals surface area contributed by atoms with Crippen molar-refractivity contribution in [1.29, 1.82) is 0 Å². The maximum absolute atomic E-state index is 13.6. The van der Waals surface area contributed by atoms with Crippen LogP contribution in [-0.4, -0.2) is 72.2 Å². The maximum atomic E-state index is 13.6. The van der Waals surface area contributed by atoms with Gasteiger partial charge in [-0.05, 0) is 57.7 Å². The molecule has 0 spiro atoms. The van der Waals surface area contributed by atoms with Crippen LogP contribution in [0.15, 0.2) is 18.2 Å². The lowest BCUT2D eigenvalue weighted by molar-refractivity contribution is -0.120. The fourth-order valence-corrected chi connectivity index (χ4v) is 5.28. The molecule has 0 aromatic heterocycles. The molecule has 34 heavy (non-hydrogen) atoms. The Kier molecular flexibility index (Phi) is 8.14. The van der Waals surface area contributed by atoms with E-state index in [-0.39, 0.29) is 42.4 Å². The van der Waals surface area contributed by atoms with Gasteiger partial charge in [0, 0.05) is 31.5 Å². The molecule has 1 heterocycles. The first-order chi connectivity index (χ1) is 16.4. The van der Waals surface area contributed by atoms with Crippen LogP contribution in [0, 0.1) is 17.8 Å². The summed E-state index contributed by atoms with van der Waals surface area (Å²) < 4.78 is 6.61. The second-order valence-electron chi connectivity index (χ2n) is 10.8. The van der Waals surface area contributed by atoms with E-state index in [4.69, 9.17) is 4.74 Å². The molecule has 1 aromatic rings. The van der Waals surface area contributed by atoms with Gasteiger partial charge in [-0.15, -0.1) is 0 Å². The summed E-state index contributed by atoms with van der Waals surface area (Å²) in [6.45, 7) is 6.19. The van der Waals surface area contributed by atoms with Gasteiger partial charge in [0.2, 0.25) is 5.91 Å². The van der Waals surface area contributed by atoms with Gasteiger partial charge >= 0.3 is 0 Å². The number of nitrogens with one attached hydrogen (secondary N) is 1. The van der Waals surface area contributed by atoms with Gasteiger partial charge in [0.15, 0.2) is 5.75 Å². The third-order valence-electron chi connectivity index (χ3n) is 7.68. The minimum absolute atomic E-state index is 0.0131. The summed E-state index contributed by atoms with van der Waals surface area (Å²) in [4.78, 5) is 30.7. The summed E-state index contributed by atoms with van der Waals surface area (Å²) in [6.07, 6.45) is 7.62. The Hall–Kier alpha value is -2.12. The van der Waals surface area contributed by atoms with Gasteiger partial charge < -0.3 is 25.0 Å². The first kappa shape index (κ1) is 25.0. The van der Waals surface area contributed by atoms with Gasteiger partial charge in [-0.1, -0.05) is 32.3 Å². The molecule has 0 bridgehead atoms. The van der Waals surface area contributed by atoms with Crippen LogP contribution < -0.4 is 10.1 Å². The minimum atomic E-state index is -0.300. The van der Waals surface area contributed by atoms with E-state index in [1.54, 1.807) is 17.0 Å². The molecule has 4 rings (SSSR count). The summed E-state index contributed by atoms with van der Waals surface area (Å²) in [6, 6.07) is 5.11. The zero-order valence-corrected chi connectivity index (χ0v) is 21.0. The average Bonchev–Trinajstić information content (AvgIpc) is 3.65. The Morgan fingerprint density at radius 1 is 1.21 bits per heavy atom. The molecule has 3 aliphatic rings. The first-order valence-corrected chi connectivity index (χ1v) is 13.1. The van der Waals surface area contributed by atoms with E-state index >= 15 is 0 Å². The molecular weight excluding hydrogens is 430 g/mol. The molecule has 2 fully saturated rings. The molecule has 2 aliphatic carbocycles. The summed E-state index contributed by atoms with van der Waals surface area (Å²) in [5.74, 6) is 1.17. The van der Waals surface area contributed by atoms with Crippen molar-refractivity contribution in [3.8, 4) is 5.75 Å². The van der Waals surface area contributed by atoms with E-state index in [9.17, 15) is 14.7 Å². The van der Waals surface area contributed by atoms with Gasteiger partial charge in [-0.25, -0.2) is 0 Å². The number of aliphatic hydroxyl groups excluding tert-OH is 1. The molecule has 7 nitrogen and oxygen atoms in total. The largest absolute Gasteiger partial charge is 0.486 e. The average molecular weight is 472 g/mol. The van der Waals surface area contributed by atoms with Crippen LogP contribution in [0.1, 0.15) is 69.2 Å². The van der Waals surface area contributed by atoms with E-state index in [2.05, 4.69) is 24.2 Å². The fraction of sp³-hybridized carbons (Fsp3) is 0.704. The van der Waals surface area contributed by atoms with Crippen molar-refractivity contribution in [2.24, 2.45) is 17.8 Å². The topological polar surface area (TPSA) is 82.1 Å². The second kappa shape index (κ2) is 11.1. The fourth-order valence-electron chi connectivity index (χ4n) is 5.28. The Balaban J connectivity index is 1.64. The molecule has 188 valence electrons. The number of para-hydroxylation sites is 1. The number of benzene rings is 1. The normalized spacial score (nSPS) is 24.7. The highest BCUT2D eigenvalue weighted by molar-refractivity contribution is 6.02. The van der Waals surface area contributed by atoms with Crippen LogP contribution in [0.5, 0.6) is 5.75 Å². The van der Waals surface area contributed by atoms with Gasteiger partial charge in [0.05, 0.1) is 23.9 Å². The number of aliphatic hydroxyl groups is 1. The highest BCUT2D eigenvalue weighted by atomic mass is 16.5. The zero-order valence-electron chi connectivity index (χ0n) is 21.0. The molecule has 0 unspecified atom stereocenters. The summed E-state index contributed by atoms with van der Waals surface area (Å²) in [5, 5.41) is 12.9. The van der Waals surface area contributed by atoms with Crippen LogP contribution in [0.25, 0.3) is 0 Å². The van der Waals surface area contributed by atoms with Crippen LogP contribution >= 0.6 is 0 Å². The number of hydrogen-bond donors (Lipinski definition) is 2. The number of carbonyl (C=O) groups is 2. The lowest BCUT2D eigenvalue weighted by Crippen LogP contribution is -2.50. The van der Waals surface area contributed by atoms with Gasteiger partial charge in [0.25, 0.3) is 5.91 Å². The highest BCUT2D eigenvalue weighted by Gasteiger charge is 2.35. The van der Waals surface area contributed by atoms with E-state index < -0.39 is 0 Å². The van der Waals surface area contributed by atoms with Gasteiger partial charge in [-0.3, -0.25) is 9.59 Å². The monoisotopic (exact) mass is 471 g/mol. The van der Waals surface area contributed by atoms with Crippen LogP contribution in [0.2, 0.25) is 0 Å². The summed E-state index contributed by atoms with van der Waals surface area (Å²) >= 11 is 0. The molecule has 1 aliphatic heterocycles. The third-order valence-corrected chi connectivity index (χ3v) is 7.68. The van der Waals surface area contributed by atoms with E-state index in [1.807, 2.05) is 13.0 Å². The van der Waals surface area contributed by atoms with Crippen molar-refractivity contribution in [2.45, 2.75) is 70.9 Å². The number of ether oxygens (including phenoxy) is 1. The van der Waals surface area contributed by atoms with Crippen LogP contribution in [-0.2, 0) is 4.79 Å². The summed E-state index contributed by atoms with van der Waals surface area (Å²) in [7, 11) is 2.13. The molecule has 2 amide bonds. The Bertz CT molecular complexity index is 865. The van der Waals surface area contributed by atoms with Crippen molar-refractivity contribution >= 4 is 17.5 Å². The number of fused-ring (bicyclic) bond motifs is 1. The number of likely N-dealkylation sites (N-methyl/N-ethyl adjacent to an activating group) is 1. The Morgan fingerprint density at radius 3 is 2.62 bits per heavy atom. The molecule has 3 atom stereocenters. The second-order valence-corrected chi connectivity index (χ2v) is 10.8. The number of nitrogens with zero attached hydrogens (tertiary/aromatic N) is 2. The Labute approximate surface area is 203 Å². The summed E-state index contributed by atoms with van der Waals surface area (Å²) in [5.41, 5.74) is 1.02. The SMILES string of the molecule is C[C@@H]1CN([C@H](C)CO)C(=O)c2cccc(NC(=O)C3CCCCC3)c2O[C@@H]1CN(C)CC1CC1. The lowest BCUT2D eigenvalue weighted by atomic mass is 9.88. The smallest absolute Gasteiger partial charge is 0.258 e. The first-order valence-electron chi connectivity index (χ1n) is 13.1. The molecular formula is C27H41N3O4. The predicted octanol–water partition coefficient (Wildman–Crippen LogP) is 3.77. The maximum Gasteiger partial charge on any atom is 0.258 e. The van der Waals surface area contributed by atoms with Gasteiger partial charge in [0.1, 0.15) is 6.10 Å². The molecule has 0 radical (unpaired) electrons. The van der Waals surface area contributed by atoms with Crippen molar-refractivity contribution in [3.05, 3.63) is 23.8 Å². The van der Waals surface area contributed by atoms with E-state index in [1.165, 1.54) is 19.3 Å². The standard InChI is InChI=1S/C27H41N3O4/c1-18-14-30(19(2)17-31)27(33)22-10-7-11-23(28-26(32)21-8-5-4-6-9-21)25(22)34-24(18)16-29(3)15-20-12-13-20/h7,10-11,18-21,24,31H,4-6,8-9,12-17H2,1-3H3,(H,28,32)/t18-,19-,24-/m1/s1. The number of rotatable bonds is 8. The van der Waals surface area contributed by atoms with Crippen molar-refractivity contribution in [1.82, 2.24) is 9.80 Å². The quantitative estimate of drug-likeness (QED) is 0.603. The van der Waals surface area contributed by atoms with Crippen LogP contribution in [0.4, 0.5) is 5.69 Å². The van der Waals surface area contributed by atoms with Crippen LogP contribution in [0.3, 0.4) is 0 Å². The van der Waals surface area contributed by atoms with E-state index in [0.717, 1.165) is 44.7 Å². The Morgan fingerprint density at radius 2 is 1.94 bits per heavy atom. The molecule has 2 N–H and O–H groups in total. The van der Waals surface area contributed by atoms with Gasteiger partial charge in [-0.2, -0.15) is 0 Å². The predicted molar refractivity (Wildman–Crippen MR) is 133 cm³/mol. The third kappa shape index (κ3) is 5.92. The highest BCUT2D eigenvalue weighted by Crippen LogP contribution is 2.36. The van der Waals surface area contributed by atoms with Crippen molar-refractivity contribution < 1.29 is 19.4 Å². The van der Waals surface area contributed by atoms with Crippen molar-refractivity contribution in [3.63, 3.8) is 0 Å². The van der Waals surface area contributed by atoms with E-state index in [0.29, 0.717) is 23.5 Å². The minimum Gasteiger partial charge on any atom is -0.486 e. The number of anilines is 1. The molecule has 0 saturated heterocycles. The number of amides is 2. The molecule has 1 aromatic carbocycles. The zero-order chi connectivity index (χ0) is 24.2. The number of hydrogen-bond acceptors (Lipinski definition) is 5. The number of carbonyl (C=O) groups excluding carboxylic acids is 2. The van der Waals surface area contributed by atoms with Crippen molar-refractivity contribution in [2.75, 3.05) is 38.6 Å². The lowest BCUT2D eigenvalue weighted by Gasteiger charge is -2.38. The molecule has 7 heteroatoms. The molecule has 2 saturated carbocycles.